The second-order valence-corrected chi connectivity index (χ2v) is 5.57. The Morgan fingerprint density at radius 3 is 3.00 bits per heavy atom. The van der Waals surface area contributed by atoms with Gasteiger partial charge < -0.3 is 15.4 Å². The molecule has 4 heteroatoms. The minimum Gasteiger partial charge on any atom is -0.493 e. The van der Waals surface area contributed by atoms with Crippen molar-refractivity contribution in [3.05, 3.63) is 41.5 Å². The van der Waals surface area contributed by atoms with Crippen LogP contribution in [0, 0.1) is 0 Å². The first-order chi connectivity index (χ1) is 10.3. The van der Waals surface area contributed by atoms with Crippen LogP contribution in [-0.2, 0) is 12.8 Å². The maximum atomic E-state index is 5.54. The second-order valence-electron chi connectivity index (χ2n) is 5.57. The number of benzene rings is 1. The minimum absolute atomic E-state index is 0.494. The Balaban J connectivity index is 1.46. The number of aliphatic imine (C=N–C) groups is 1. The molecule has 1 heterocycles. The van der Waals surface area contributed by atoms with Crippen LogP contribution in [-0.4, -0.2) is 32.2 Å². The van der Waals surface area contributed by atoms with E-state index in [1.165, 1.54) is 11.1 Å². The van der Waals surface area contributed by atoms with Gasteiger partial charge in [0.2, 0.25) is 0 Å². The maximum absolute atomic E-state index is 5.54. The van der Waals surface area contributed by atoms with Crippen molar-refractivity contribution in [3.63, 3.8) is 0 Å². The lowest BCUT2D eigenvalue weighted by Crippen LogP contribution is -2.43. The van der Waals surface area contributed by atoms with Crippen molar-refractivity contribution in [2.45, 2.75) is 31.7 Å². The molecule has 1 aliphatic heterocycles. The predicted molar refractivity (Wildman–Crippen MR) is 86.0 cm³/mol. The van der Waals surface area contributed by atoms with Crippen LogP contribution in [0.4, 0.5) is 0 Å². The average molecular weight is 285 g/mol. The summed E-state index contributed by atoms with van der Waals surface area (Å²) in [5, 5.41) is 6.84. The lowest BCUT2D eigenvalue weighted by molar-refractivity contribution is 0.357. The van der Waals surface area contributed by atoms with E-state index in [1.54, 1.807) is 0 Å². The highest BCUT2D eigenvalue weighted by Gasteiger charge is 2.13. The quantitative estimate of drug-likeness (QED) is 0.505. The summed E-state index contributed by atoms with van der Waals surface area (Å²) >= 11 is 0. The fourth-order valence-electron chi connectivity index (χ4n) is 2.84. The van der Waals surface area contributed by atoms with Gasteiger partial charge in [0, 0.05) is 26.1 Å². The van der Waals surface area contributed by atoms with Gasteiger partial charge in [0.25, 0.3) is 0 Å². The molecule has 3 rings (SSSR count). The number of hydrogen-bond donors (Lipinski definition) is 2. The number of guanidine groups is 1. The van der Waals surface area contributed by atoms with Crippen LogP contribution in [0.1, 0.15) is 24.0 Å². The Bertz CT molecular complexity index is 543. The Kier molecular flexibility index (Phi) is 4.43. The smallest absolute Gasteiger partial charge is 0.191 e. The van der Waals surface area contributed by atoms with Gasteiger partial charge in [0.15, 0.2) is 5.96 Å². The molecule has 0 bridgehead atoms. The molecule has 0 spiro atoms. The molecule has 0 aromatic heterocycles. The van der Waals surface area contributed by atoms with Gasteiger partial charge in [-0.05, 0) is 36.5 Å². The Hall–Kier alpha value is -1.97. The first kappa shape index (κ1) is 14.0. The van der Waals surface area contributed by atoms with Crippen LogP contribution in [0.25, 0.3) is 0 Å². The molecule has 21 heavy (non-hydrogen) atoms. The molecule has 0 atom stereocenters. The third-order valence-electron chi connectivity index (χ3n) is 4.03. The van der Waals surface area contributed by atoms with Gasteiger partial charge in [-0.3, -0.25) is 4.99 Å². The molecule has 1 aromatic rings. The summed E-state index contributed by atoms with van der Waals surface area (Å²) in [6.07, 6.45) is 8.65. The van der Waals surface area contributed by atoms with Crippen LogP contribution in [0.2, 0.25) is 0 Å². The fraction of sp³-hybridized carbons (Fsp3) is 0.471. The summed E-state index contributed by atoms with van der Waals surface area (Å²) < 4.78 is 5.54. The SMILES string of the molecule is CN=C(NCCc1ccc2c(c1)CCO2)NC1CC=CC1. The topological polar surface area (TPSA) is 45.7 Å². The van der Waals surface area contributed by atoms with Gasteiger partial charge >= 0.3 is 0 Å². The van der Waals surface area contributed by atoms with Crippen LogP contribution in [0.15, 0.2) is 35.3 Å². The summed E-state index contributed by atoms with van der Waals surface area (Å²) in [6.45, 7) is 1.71. The molecule has 0 fully saturated rings. The van der Waals surface area contributed by atoms with E-state index >= 15 is 0 Å². The van der Waals surface area contributed by atoms with Gasteiger partial charge in [-0.2, -0.15) is 0 Å². The molecule has 4 nitrogen and oxygen atoms in total. The lowest BCUT2D eigenvalue weighted by atomic mass is 10.1. The van der Waals surface area contributed by atoms with Gasteiger partial charge in [-0.15, -0.1) is 0 Å². The summed E-state index contributed by atoms with van der Waals surface area (Å²) in [5.74, 6) is 1.95. The van der Waals surface area contributed by atoms with Gasteiger partial charge in [0.05, 0.1) is 6.61 Å². The number of nitrogens with zero attached hydrogens (tertiary/aromatic N) is 1. The first-order valence-corrected chi connectivity index (χ1v) is 7.72. The molecule has 0 radical (unpaired) electrons. The number of ether oxygens (including phenoxy) is 1. The highest BCUT2D eigenvalue weighted by molar-refractivity contribution is 5.80. The van der Waals surface area contributed by atoms with Crippen molar-refractivity contribution in [1.29, 1.82) is 0 Å². The summed E-state index contributed by atoms with van der Waals surface area (Å²) in [5.41, 5.74) is 2.69. The zero-order valence-electron chi connectivity index (χ0n) is 12.6. The van der Waals surface area contributed by atoms with E-state index in [4.69, 9.17) is 4.74 Å². The van der Waals surface area contributed by atoms with Crippen molar-refractivity contribution in [2.75, 3.05) is 20.2 Å². The highest BCUT2D eigenvalue weighted by atomic mass is 16.5. The van der Waals surface area contributed by atoms with Gasteiger partial charge in [-0.1, -0.05) is 24.3 Å². The van der Waals surface area contributed by atoms with Crippen LogP contribution in [0.3, 0.4) is 0 Å². The molecular formula is C17H23N3O. The van der Waals surface area contributed by atoms with Crippen molar-refractivity contribution >= 4 is 5.96 Å². The summed E-state index contributed by atoms with van der Waals surface area (Å²) in [6, 6.07) is 7.01. The van der Waals surface area contributed by atoms with E-state index in [-0.39, 0.29) is 0 Å². The maximum Gasteiger partial charge on any atom is 0.191 e. The van der Waals surface area contributed by atoms with E-state index in [0.717, 1.165) is 50.5 Å². The number of hydrogen-bond acceptors (Lipinski definition) is 2. The van der Waals surface area contributed by atoms with Gasteiger partial charge in [0.1, 0.15) is 5.75 Å². The molecule has 112 valence electrons. The standard InChI is InChI=1S/C17H23N3O/c1-18-17(20-15-4-2-3-5-15)19-10-8-13-6-7-16-14(12-13)9-11-21-16/h2-3,6-7,12,15H,4-5,8-11H2,1H3,(H2,18,19,20). The van der Waals surface area contributed by atoms with Crippen molar-refractivity contribution in [1.82, 2.24) is 10.6 Å². The Morgan fingerprint density at radius 2 is 2.19 bits per heavy atom. The van der Waals surface area contributed by atoms with E-state index in [2.05, 4.69) is 46.0 Å². The van der Waals surface area contributed by atoms with E-state index in [0.29, 0.717) is 6.04 Å². The largest absolute Gasteiger partial charge is 0.493 e. The van der Waals surface area contributed by atoms with Gasteiger partial charge in [-0.25, -0.2) is 0 Å². The molecule has 0 unspecified atom stereocenters. The molecule has 0 saturated heterocycles. The first-order valence-electron chi connectivity index (χ1n) is 7.72. The Morgan fingerprint density at radius 1 is 1.33 bits per heavy atom. The van der Waals surface area contributed by atoms with E-state index in [1.807, 2.05) is 7.05 Å². The number of nitrogens with one attached hydrogen (secondary N) is 2. The number of rotatable bonds is 4. The number of fused-ring (bicyclic) bond motifs is 1. The predicted octanol–water partition coefficient (Wildman–Crippen LogP) is 2.05. The van der Waals surface area contributed by atoms with Crippen molar-refractivity contribution in [3.8, 4) is 5.75 Å². The minimum atomic E-state index is 0.494. The second kappa shape index (κ2) is 6.66. The molecule has 1 aromatic carbocycles. The molecule has 2 N–H and O–H groups in total. The molecule has 2 aliphatic rings. The molecule has 0 amide bonds. The zero-order valence-corrected chi connectivity index (χ0v) is 12.6. The third-order valence-corrected chi connectivity index (χ3v) is 4.03. The summed E-state index contributed by atoms with van der Waals surface area (Å²) in [4.78, 5) is 4.29. The molecule has 1 aliphatic carbocycles. The molecule has 0 saturated carbocycles. The normalized spacial score (nSPS) is 17.7. The van der Waals surface area contributed by atoms with E-state index in [9.17, 15) is 0 Å². The van der Waals surface area contributed by atoms with Crippen molar-refractivity contribution in [2.24, 2.45) is 4.99 Å². The average Bonchev–Trinajstić information content (AvgIpc) is 3.16. The van der Waals surface area contributed by atoms with Crippen LogP contribution < -0.4 is 15.4 Å². The third kappa shape index (κ3) is 3.57. The van der Waals surface area contributed by atoms with Crippen LogP contribution >= 0.6 is 0 Å². The Labute approximate surface area is 126 Å². The molecular weight excluding hydrogens is 262 g/mol. The zero-order chi connectivity index (χ0) is 14.5. The lowest BCUT2D eigenvalue weighted by Gasteiger charge is -2.17. The summed E-state index contributed by atoms with van der Waals surface area (Å²) in [7, 11) is 1.82. The fourth-order valence-corrected chi connectivity index (χ4v) is 2.84. The van der Waals surface area contributed by atoms with Crippen LogP contribution in [0.5, 0.6) is 5.75 Å². The highest BCUT2D eigenvalue weighted by Crippen LogP contribution is 2.25. The monoisotopic (exact) mass is 285 g/mol. The van der Waals surface area contributed by atoms with Crippen molar-refractivity contribution < 1.29 is 4.74 Å². The van der Waals surface area contributed by atoms with E-state index < -0.39 is 0 Å².